The zero-order valence-electron chi connectivity index (χ0n) is 10.5. The standard InChI is InChI=1S/C12H9BrClN7/c13-8-6-7(2-3-9(8)14)17-11-18-10(15)19-12(20-11)21-5-1-4-16-21/h1-6H,(H3,15,17,18,19,20). The van der Waals surface area contributed by atoms with Crippen LogP contribution in [0.4, 0.5) is 17.6 Å². The van der Waals surface area contributed by atoms with E-state index in [0.717, 1.165) is 10.2 Å². The summed E-state index contributed by atoms with van der Waals surface area (Å²) < 4.78 is 2.27. The van der Waals surface area contributed by atoms with Crippen molar-refractivity contribution in [2.75, 3.05) is 11.1 Å². The summed E-state index contributed by atoms with van der Waals surface area (Å²) in [5.74, 6) is 0.760. The lowest BCUT2D eigenvalue weighted by Gasteiger charge is -2.08. The summed E-state index contributed by atoms with van der Waals surface area (Å²) in [6, 6.07) is 7.15. The van der Waals surface area contributed by atoms with Gasteiger partial charge >= 0.3 is 0 Å². The molecule has 3 aromatic rings. The lowest BCUT2D eigenvalue weighted by Crippen LogP contribution is -2.09. The molecule has 21 heavy (non-hydrogen) atoms. The number of halogens is 2. The number of nitrogens with one attached hydrogen (secondary N) is 1. The summed E-state index contributed by atoms with van der Waals surface area (Å²) in [7, 11) is 0. The number of nitrogen functional groups attached to an aromatic ring is 1. The van der Waals surface area contributed by atoms with Crippen molar-refractivity contribution in [2.45, 2.75) is 0 Å². The summed E-state index contributed by atoms with van der Waals surface area (Å²) in [5, 5.41) is 7.72. The fraction of sp³-hybridized carbons (Fsp3) is 0. The Labute approximate surface area is 133 Å². The molecule has 0 fully saturated rings. The van der Waals surface area contributed by atoms with Gasteiger partial charge in [-0.2, -0.15) is 20.1 Å². The average molecular weight is 367 g/mol. The number of hydrogen-bond donors (Lipinski definition) is 2. The Morgan fingerprint density at radius 3 is 2.81 bits per heavy atom. The van der Waals surface area contributed by atoms with Crippen LogP contribution < -0.4 is 11.1 Å². The first-order valence-electron chi connectivity index (χ1n) is 5.85. The maximum Gasteiger partial charge on any atom is 0.257 e. The summed E-state index contributed by atoms with van der Waals surface area (Å²) in [6.07, 6.45) is 3.35. The molecule has 0 radical (unpaired) electrons. The zero-order valence-corrected chi connectivity index (χ0v) is 12.9. The first kappa shape index (κ1) is 13.8. The molecule has 0 aliphatic carbocycles. The van der Waals surface area contributed by atoms with Gasteiger partial charge in [-0.25, -0.2) is 4.68 Å². The lowest BCUT2D eigenvalue weighted by molar-refractivity contribution is 0.801. The van der Waals surface area contributed by atoms with Crippen LogP contribution in [-0.2, 0) is 0 Å². The van der Waals surface area contributed by atoms with Crippen molar-refractivity contribution in [3.8, 4) is 5.95 Å². The Hall–Kier alpha value is -2.19. The fourth-order valence-corrected chi connectivity index (χ4v) is 2.13. The van der Waals surface area contributed by atoms with Crippen LogP contribution in [0.2, 0.25) is 5.02 Å². The second-order valence-corrected chi connectivity index (χ2v) is 5.28. The van der Waals surface area contributed by atoms with Crippen LogP contribution in [0.25, 0.3) is 5.95 Å². The van der Waals surface area contributed by atoms with Crippen molar-refractivity contribution in [3.05, 3.63) is 46.2 Å². The van der Waals surface area contributed by atoms with Crippen LogP contribution in [-0.4, -0.2) is 24.7 Å². The molecular weight excluding hydrogens is 358 g/mol. The highest BCUT2D eigenvalue weighted by atomic mass is 79.9. The quantitative estimate of drug-likeness (QED) is 0.740. The molecule has 0 bridgehead atoms. The SMILES string of the molecule is Nc1nc(Nc2ccc(Cl)c(Br)c2)nc(-n2cccn2)n1. The Kier molecular flexibility index (Phi) is 3.72. The molecule has 2 heterocycles. The highest BCUT2D eigenvalue weighted by Crippen LogP contribution is 2.26. The van der Waals surface area contributed by atoms with E-state index in [1.165, 1.54) is 4.68 Å². The van der Waals surface area contributed by atoms with Gasteiger partial charge in [0.2, 0.25) is 11.9 Å². The smallest absolute Gasteiger partial charge is 0.257 e. The third kappa shape index (κ3) is 3.11. The number of aromatic nitrogens is 5. The molecule has 106 valence electrons. The van der Waals surface area contributed by atoms with E-state index in [4.69, 9.17) is 17.3 Å². The van der Waals surface area contributed by atoms with Crippen LogP contribution in [0.15, 0.2) is 41.1 Å². The maximum absolute atomic E-state index is 5.95. The van der Waals surface area contributed by atoms with Gasteiger partial charge in [0.1, 0.15) is 0 Å². The van der Waals surface area contributed by atoms with E-state index in [0.29, 0.717) is 16.9 Å². The van der Waals surface area contributed by atoms with Gasteiger partial charge in [-0.1, -0.05) is 11.6 Å². The van der Waals surface area contributed by atoms with Gasteiger partial charge in [-0.15, -0.1) is 0 Å². The third-order valence-corrected chi connectivity index (χ3v) is 3.74. The van der Waals surface area contributed by atoms with E-state index >= 15 is 0 Å². The van der Waals surface area contributed by atoms with Gasteiger partial charge in [-0.05, 0) is 40.2 Å². The number of benzene rings is 1. The molecule has 0 amide bonds. The van der Waals surface area contributed by atoms with Crippen molar-refractivity contribution in [2.24, 2.45) is 0 Å². The van der Waals surface area contributed by atoms with Crippen LogP contribution in [0.5, 0.6) is 0 Å². The molecule has 0 saturated heterocycles. The van der Waals surface area contributed by atoms with E-state index in [1.807, 2.05) is 6.07 Å². The molecule has 3 rings (SSSR count). The molecule has 0 atom stereocenters. The van der Waals surface area contributed by atoms with Crippen molar-refractivity contribution in [3.63, 3.8) is 0 Å². The van der Waals surface area contributed by atoms with Crippen molar-refractivity contribution < 1.29 is 0 Å². The number of rotatable bonds is 3. The molecular formula is C12H9BrClN7. The van der Waals surface area contributed by atoms with Gasteiger partial charge in [0, 0.05) is 22.6 Å². The second kappa shape index (κ2) is 5.66. The predicted octanol–water partition coefficient (Wildman–Crippen LogP) is 2.80. The lowest BCUT2D eigenvalue weighted by atomic mass is 10.3. The topological polar surface area (TPSA) is 94.5 Å². The molecule has 0 aliphatic heterocycles. The Bertz CT molecular complexity index is 775. The predicted molar refractivity (Wildman–Crippen MR) is 83.8 cm³/mol. The van der Waals surface area contributed by atoms with Crippen LogP contribution in [0, 0.1) is 0 Å². The van der Waals surface area contributed by atoms with Gasteiger partial charge in [0.15, 0.2) is 0 Å². The summed E-state index contributed by atoms with van der Waals surface area (Å²) in [4.78, 5) is 12.3. The minimum Gasteiger partial charge on any atom is -0.368 e. The Morgan fingerprint density at radius 2 is 2.10 bits per heavy atom. The molecule has 1 aromatic carbocycles. The summed E-state index contributed by atoms with van der Waals surface area (Å²) in [6.45, 7) is 0. The highest BCUT2D eigenvalue weighted by molar-refractivity contribution is 9.10. The summed E-state index contributed by atoms with van der Waals surface area (Å²) >= 11 is 9.31. The molecule has 3 N–H and O–H groups in total. The van der Waals surface area contributed by atoms with Crippen LogP contribution in [0.1, 0.15) is 0 Å². The summed E-state index contributed by atoms with van der Waals surface area (Å²) in [5.41, 5.74) is 6.47. The maximum atomic E-state index is 5.95. The number of hydrogen-bond acceptors (Lipinski definition) is 6. The number of nitrogens with two attached hydrogens (primary N) is 1. The van der Waals surface area contributed by atoms with Crippen LogP contribution in [0.3, 0.4) is 0 Å². The first-order valence-corrected chi connectivity index (χ1v) is 7.02. The van der Waals surface area contributed by atoms with Crippen LogP contribution >= 0.6 is 27.5 Å². The van der Waals surface area contributed by atoms with E-state index < -0.39 is 0 Å². The van der Waals surface area contributed by atoms with Crippen molar-refractivity contribution in [1.29, 1.82) is 0 Å². The second-order valence-electron chi connectivity index (χ2n) is 4.02. The Balaban J connectivity index is 1.93. The molecule has 9 heteroatoms. The third-order valence-electron chi connectivity index (χ3n) is 2.53. The van der Waals surface area contributed by atoms with Crippen molar-refractivity contribution in [1.82, 2.24) is 24.7 Å². The van der Waals surface area contributed by atoms with Gasteiger partial charge in [0.25, 0.3) is 5.95 Å². The molecule has 7 nitrogen and oxygen atoms in total. The molecule has 0 spiro atoms. The average Bonchev–Trinajstić information content (AvgIpc) is 2.96. The molecule has 0 aliphatic rings. The molecule has 2 aromatic heterocycles. The highest BCUT2D eigenvalue weighted by Gasteiger charge is 2.07. The minimum atomic E-state index is 0.103. The first-order chi connectivity index (χ1) is 10.1. The minimum absolute atomic E-state index is 0.103. The fourth-order valence-electron chi connectivity index (χ4n) is 1.63. The Morgan fingerprint density at radius 1 is 1.24 bits per heavy atom. The van der Waals surface area contributed by atoms with E-state index in [2.05, 4.69) is 41.3 Å². The molecule has 0 saturated carbocycles. The van der Waals surface area contributed by atoms with E-state index in [9.17, 15) is 0 Å². The number of anilines is 3. The van der Waals surface area contributed by atoms with Gasteiger partial charge < -0.3 is 11.1 Å². The normalized spacial score (nSPS) is 10.6. The monoisotopic (exact) mass is 365 g/mol. The largest absolute Gasteiger partial charge is 0.368 e. The van der Waals surface area contributed by atoms with E-state index in [1.54, 1.807) is 30.6 Å². The zero-order chi connectivity index (χ0) is 14.8. The van der Waals surface area contributed by atoms with Gasteiger partial charge in [0.05, 0.1) is 5.02 Å². The van der Waals surface area contributed by atoms with Crippen molar-refractivity contribution >= 4 is 45.1 Å². The van der Waals surface area contributed by atoms with Gasteiger partial charge in [-0.3, -0.25) is 0 Å². The van der Waals surface area contributed by atoms with E-state index in [-0.39, 0.29) is 5.95 Å². The molecule has 0 unspecified atom stereocenters. The number of nitrogens with zero attached hydrogens (tertiary/aromatic N) is 5.